The van der Waals surface area contributed by atoms with E-state index in [4.69, 9.17) is 5.11 Å². The smallest absolute Gasteiger partial charge is 0.326 e. The largest absolute Gasteiger partial charge is 0.468 e. The maximum absolute atomic E-state index is 11.4. The summed E-state index contributed by atoms with van der Waals surface area (Å²) in [6, 6.07) is -1.28. The van der Waals surface area contributed by atoms with Crippen LogP contribution in [0.3, 0.4) is 0 Å². The van der Waals surface area contributed by atoms with Crippen molar-refractivity contribution in [2.45, 2.75) is 19.9 Å². The van der Waals surface area contributed by atoms with E-state index < -0.39 is 28.8 Å². The van der Waals surface area contributed by atoms with Gasteiger partial charge in [-0.2, -0.15) is 13.1 Å². The first-order valence-corrected chi connectivity index (χ1v) is 6.26. The molecule has 7 nitrogen and oxygen atoms in total. The van der Waals surface area contributed by atoms with Crippen molar-refractivity contribution < 1.29 is 23.1 Å². The number of nitrogens with one attached hydrogen (secondary N) is 2. The first-order valence-electron chi connectivity index (χ1n) is 4.78. The van der Waals surface area contributed by atoms with Gasteiger partial charge in [0.05, 0.1) is 13.7 Å². The van der Waals surface area contributed by atoms with E-state index >= 15 is 0 Å². The molecule has 0 aliphatic heterocycles. The van der Waals surface area contributed by atoms with Gasteiger partial charge in [-0.15, -0.1) is 0 Å². The average Bonchev–Trinajstić information content (AvgIpc) is 2.22. The number of carbonyl (C=O) groups is 1. The van der Waals surface area contributed by atoms with E-state index in [1.54, 1.807) is 0 Å². The molecule has 0 fully saturated rings. The van der Waals surface area contributed by atoms with Crippen LogP contribution >= 0.6 is 0 Å². The van der Waals surface area contributed by atoms with Crippen molar-refractivity contribution in [3.63, 3.8) is 0 Å². The zero-order valence-corrected chi connectivity index (χ0v) is 10.4. The summed E-state index contributed by atoms with van der Waals surface area (Å²) in [7, 11) is -2.69. The zero-order valence-electron chi connectivity index (χ0n) is 9.56. The lowest BCUT2D eigenvalue weighted by atomic mass is 10.2. The lowest BCUT2D eigenvalue weighted by molar-refractivity contribution is -0.143. The Morgan fingerprint density at radius 2 is 2.00 bits per heavy atom. The number of hydrogen-bond donors (Lipinski definition) is 3. The molecule has 96 valence electrons. The summed E-state index contributed by atoms with van der Waals surface area (Å²) >= 11 is 0. The molecule has 0 heterocycles. The highest BCUT2D eigenvalue weighted by molar-refractivity contribution is 7.87. The van der Waals surface area contributed by atoms with Crippen LogP contribution in [0, 0.1) is 5.92 Å². The summed E-state index contributed by atoms with van der Waals surface area (Å²) in [6.45, 7) is 3.27. The van der Waals surface area contributed by atoms with E-state index in [-0.39, 0.29) is 12.5 Å². The van der Waals surface area contributed by atoms with Crippen molar-refractivity contribution in [1.29, 1.82) is 0 Å². The predicted octanol–water partition coefficient (Wildman–Crippen LogP) is -1.40. The van der Waals surface area contributed by atoms with Gasteiger partial charge in [0.15, 0.2) is 0 Å². The van der Waals surface area contributed by atoms with Crippen molar-refractivity contribution >= 4 is 16.2 Å². The first-order chi connectivity index (χ1) is 7.32. The molecule has 0 amide bonds. The van der Waals surface area contributed by atoms with Crippen LogP contribution in [0.25, 0.3) is 0 Å². The van der Waals surface area contributed by atoms with Crippen molar-refractivity contribution in [3.8, 4) is 0 Å². The number of methoxy groups -OCH3 is 1. The number of aliphatic hydroxyl groups is 1. The Morgan fingerprint density at radius 3 is 2.38 bits per heavy atom. The van der Waals surface area contributed by atoms with Gasteiger partial charge in [-0.1, -0.05) is 13.8 Å². The second kappa shape index (κ2) is 6.79. The summed E-state index contributed by atoms with van der Waals surface area (Å²) in [5.41, 5.74) is 0. The topological polar surface area (TPSA) is 105 Å². The second-order valence-electron chi connectivity index (χ2n) is 3.62. The Morgan fingerprint density at radius 1 is 1.44 bits per heavy atom. The third kappa shape index (κ3) is 6.01. The standard InChI is InChI=1S/C8H18N2O5S/c1-6(2)4-9-16(13,14)10-7(5-11)8(12)15-3/h6-7,9-11H,4-5H2,1-3H3. The predicted molar refractivity (Wildman–Crippen MR) is 57.8 cm³/mol. The Bertz CT molecular complexity index is 314. The number of carbonyl (C=O) groups excluding carboxylic acids is 1. The molecule has 0 saturated heterocycles. The molecule has 0 saturated carbocycles. The number of hydrogen-bond acceptors (Lipinski definition) is 5. The van der Waals surface area contributed by atoms with Gasteiger partial charge in [0, 0.05) is 6.54 Å². The highest BCUT2D eigenvalue weighted by atomic mass is 32.2. The summed E-state index contributed by atoms with van der Waals surface area (Å²) in [5.74, 6) is -0.695. The van der Waals surface area contributed by atoms with E-state index in [2.05, 4.69) is 9.46 Å². The lowest BCUT2D eigenvalue weighted by Gasteiger charge is -2.15. The molecule has 0 spiro atoms. The van der Waals surface area contributed by atoms with E-state index in [9.17, 15) is 13.2 Å². The van der Waals surface area contributed by atoms with Crippen molar-refractivity contribution in [1.82, 2.24) is 9.44 Å². The van der Waals surface area contributed by atoms with Crippen LogP contribution in [0.1, 0.15) is 13.8 Å². The molecule has 0 aromatic carbocycles. The summed E-state index contributed by atoms with van der Waals surface area (Å²) in [5, 5.41) is 8.81. The molecule has 0 aliphatic carbocycles. The molecule has 16 heavy (non-hydrogen) atoms. The third-order valence-electron chi connectivity index (χ3n) is 1.65. The summed E-state index contributed by atoms with van der Waals surface area (Å²) < 4.78 is 31.3. The Hall–Kier alpha value is -0.700. The number of aliphatic hydroxyl groups excluding tert-OH is 1. The molecule has 1 unspecified atom stereocenters. The Kier molecular flexibility index (Phi) is 6.49. The fourth-order valence-electron chi connectivity index (χ4n) is 0.807. The van der Waals surface area contributed by atoms with E-state index in [0.717, 1.165) is 7.11 Å². The molecule has 0 aromatic heterocycles. The zero-order chi connectivity index (χ0) is 12.8. The molecular weight excluding hydrogens is 236 g/mol. The lowest BCUT2D eigenvalue weighted by Crippen LogP contribution is -2.49. The van der Waals surface area contributed by atoms with Gasteiger partial charge in [-0.3, -0.25) is 4.79 Å². The monoisotopic (exact) mass is 254 g/mol. The molecule has 0 aliphatic rings. The van der Waals surface area contributed by atoms with Gasteiger partial charge in [-0.25, -0.2) is 4.72 Å². The van der Waals surface area contributed by atoms with Crippen molar-refractivity contribution in [3.05, 3.63) is 0 Å². The minimum absolute atomic E-state index is 0.141. The number of rotatable bonds is 7. The van der Waals surface area contributed by atoms with E-state index in [1.165, 1.54) is 0 Å². The minimum Gasteiger partial charge on any atom is -0.468 e. The van der Waals surface area contributed by atoms with Crippen molar-refractivity contribution in [2.75, 3.05) is 20.3 Å². The number of esters is 1. The maximum Gasteiger partial charge on any atom is 0.326 e. The van der Waals surface area contributed by atoms with Gasteiger partial charge >= 0.3 is 5.97 Å². The van der Waals surface area contributed by atoms with Gasteiger partial charge in [-0.05, 0) is 5.92 Å². The SMILES string of the molecule is COC(=O)C(CO)NS(=O)(=O)NCC(C)C. The summed E-state index contributed by atoms with van der Waals surface area (Å²) in [6.07, 6.45) is 0. The maximum atomic E-state index is 11.4. The van der Waals surface area contributed by atoms with Gasteiger partial charge in [0.2, 0.25) is 0 Å². The van der Waals surface area contributed by atoms with Crippen LogP contribution in [0.2, 0.25) is 0 Å². The second-order valence-corrected chi connectivity index (χ2v) is 5.15. The fourth-order valence-corrected chi connectivity index (χ4v) is 1.99. The van der Waals surface area contributed by atoms with E-state index in [0.29, 0.717) is 0 Å². The molecule has 8 heteroatoms. The Labute approximate surface area is 95.4 Å². The number of ether oxygens (including phenoxy) is 1. The van der Waals surface area contributed by atoms with Crippen LogP contribution < -0.4 is 9.44 Å². The molecule has 0 rings (SSSR count). The molecule has 1 atom stereocenters. The summed E-state index contributed by atoms with van der Waals surface area (Å²) in [4.78, 5) is 11.0. The third-order valence-corrected chi connectivity index (χ3v) is 2.79. The highest BCUT2D eigenvalue weighted by Crippen LogP contribution is 1.93. The first kappa shape index (κ1) is 15.3. The Balaban J connectivity index is 4.38. The van der Waals surface area contributed by atoms with Crippen LogP contribution in [-0.2, 0) is 19.7 Å². The highest BCUT2D eigenvalue weighted by Gasteiger charge is 2.24. The van der Waals surface area contributed by atoms with Gasteiger partial charge < -0.3 is 9.84 Å². The molecule has 0 bridgehead atoms. The van der Waals surface area contributed by atoms with E-state index in [1.807, 2.05) is 18.6 Å². The van der Waals surface area contributed by atoms with Crippen LogP contribution in [0.5, 0.6) is 0 Å². The van der Waals surface area contributed by atoms with Gasteiger partial charge in [0.25, 0.3) is 10.2 Å². The quantitative estimate of drug-likeness (QED) is 0.485. The fraction of sp³-hybridized carbons (Fsp3) is 0.875. The van der Waals surface area contributed by atoms with Crippen LogP contribution in [-0.4, -0.2) is 45.8 Å². The normalized spacial score (nSPS) is 13.8. The minimum atomic E-state index is -3.80. The molecular formula is C8H18N2O5S. The van der Waals surface area contributed by atoms with Crippen molar-refractivity contribution in [2.24, 2.45) is 5.92 Å². The molecule has 3 N–H and O–H groups in total. The average molecular weight is 254 g/mol. The van der Waals surface area contributed by atoms with Gasteiger partial charge in [0.1, 0.15) is 6.04 Å². The van der Waals surface area contributed by atoms with Crippen LogP contribution in [0.15, 0.2) is 0 Å². The molecule has 0 radical (unpaired) electrons. The molecule has 0 aromatic rings. The van der Waals surface area contributed by atoms with Crippen LogP contribution in [0.4, 0.5) is 0 Å².